The van der Waals surface area contributed by atoms with Crippen LogP contribution in [0.1, 0.15) is 10.5 Å². The molecular formula is C6H8N4O2. The number of nitrogens with zero attached hydrogens (tertiary/aromatic N) is 2. The van der Waals surface area contributed by atoms with Crippen LogP contribution in [0.3, 0.4) is 0 Å². The number of aryl methyl sites for hydroxylation is 1. The van der Waals surface area contributed by atoms with Crippen molar-refractivity contribution in [2.75, 3.05) is 0 Å². The van der Waals surface area contributed by atoms with Crippen LogP contribution in [0.2, 0.25) is 0 Å². The van der Waals surface area contributed by atoms with Gasteiger partial charge in [0.1, 0.15) is 5.69 Å². The Morgan fingerprint density at radius 1 is 1.67 bits per heavy atom. The van der Waals surface area contributed by atoms with Crippen LogP contribution in [0.15, 0.2) is 16.9 Å². The van der Waals surface area contributed by atoms with Crippen LogP contribution < -0.4 is 16.8 Å². The molecule has 1 aromatic rings. The third-order valence-corrected chi connectivity index (χ3v) is 1.32. The molecule has 6 heteroatoms. The number of rotatable bonds is 1. The number of hydrazine groups is 1. The van der Waals surface area contributed by atoms with E-state index in [4.69, 9.17) is 5.84 Å². The molecule has 0 bridgehead atoms. The molecule has 1 amide bonds. The van der Waals surface area contributed by atoms with Crippen molar-refractivity contribution >= 4 is 5.91 Å². The van der Waals surface area contributed by atoms with Crippen LogP contribution in [-0.2, 0) is 7.05 Å². The van der Waals surface area contributed by atoms with Gasteiger partial charge in [-0.1, -0.05) is 0 Å². The lowest BCUT2D eigenvalue weighted by molar-refractivity contribution is 0.0946. The molecule has 0 fully saturated rings. The molecule has 1 rings (SSSR count). The molecule has 1 aromatic heterocycles. The molecule has 0 saturated carbocycles. The van der Waals surface area contributed by atoms with Gasteiger partial charge >= 0.3 is 0 Å². The van der Waals surface area contributed by atoms with E-state index in [0.717, 1.165) is 4.68 Å². The highest BCUT2D eigenvalue weighted by Crippen LogP contribution is 1.87. The Kier molecular flexibility index (Phi) is 2.20. The van der Waals surface area contributed by atoms with Crippen LogP contribution in [0.4, 0.5) is 0 Å². The smallest absolute Gasteiger partial charge is 0.285 e. The Morgan fingerprint density at radius 3 is 2.83 bits per heavy atom. The molecule has 0 unspecified atom stereocenters. The third-order valence-electron chi connectivity index (χ3n) is 1.32. The quantitative estimate of drug-likeness (QED) is 0.299. The molecule has 0 aromatic carbocycles. The molecule has 1 heterocycles. The first-order valence-electron chi connectivity index (χ1n) is 3.20. The third kappa shape index (κ3) is 1.48. The number of nitrogens with one attached hydrogen (secondary N) is 1. The van der Waals surface area contributed by atoms with Crippen LogP contribution in [0.25, 0.3) is 0 Å². The van der Waals surface area contributed by atoms with E-state index in [1.54, 1.807) is 0 Å². The Bertz CT molecular complexity index is 357. The second-order valence-corrected chi connectivity index (χ2v) is 2.15. The molecule has 0 aliphatic heterocycles. The predicted octanol–water partition coefficient (Wildman–Crippen LogP) is -1.62. The average Bonchev–Trinajstić information content (AvgIpc) is 2.08. The average molecular weight is 168 g/mol. The molecule has 0 saturated heterocycles. The summed E-state index contributed by atoms with van der Waals surface area (Å²) >= 11 is 0. The minimum absolute atomic E-state index is 0.111. The summed E-state index contributed by atoms with van der Waals surface area (Å²) in [6.45, 7) is 0. The molecule has 3 N–H and O–H groups in total. The zero-order valence-corrected chi connectivity index (χ0v) is 6.44. The molecule has 0 radical (unpaired) electrons. The van der Waals surface area contributed by atoms with Gasteiger partial charge in [0, 0.05) is 13.1 Å². The highest BCUT2D eigenvalue weighted by molar-refractivity contribution is 5.91. The van der Waals surface area contributed by atoms with Crippen LogP contribution in [0.5, 0.6) is 0 Å². The molecule has 0 atom stereocenters. The van der Waals surface area contributed by atoms with E-state index in [0.29, 0.717) is 0 Å². The van der Waals surface area contributed by atoms with Crippen molar-refractivity contribution < 1.29 is 4.79 Å². The lowest BCUT2D eigenvalue weighted by Crippen LogP contribution is -2.32. The fourth-order valence-corrected chi connectivity index (χ4v) is 0.697. The van der Waals surface area contributed by atoms with Crippen molar-refractivity contribution in [3.05, 3.63) is 28.2 Å². The molecule has 0 aliphatic rings. The summed E-state index contributed by atoms with van der Waals surface area (Å²) in [7, 11) is 1.45. The second-order valence-electron chi connectivity index (χ2n) is 2.15. The summed E-state index contributed by atoms with van der Waals surface area (Å²) in [6.07, 6.45) is 0. The van der Waals surface area contributed by atoms with Crippen LogP contribution in [-0.4, -0.2) is 15.7 Å². The fourth-order valence-electron chi connectivity index (χ4n) is 0.697. The maximum Gasteiger partial charge on any atom is 0.285 e. The number of hydrogen-bond acceptors (Lipinski definition) is 4. The zero-order valence-electron chi connectivity index (χ0n) is 6.44. The van der Waals surface area contributed by atoms with Gasteiger partial charge in [-0.05, 0) is 6.07 Å². The summed E-state index contributed by atoms with van der Waals surface area (Å²) in [5, 5.41) is 3.66. The second kappa shape index (κ2) is 3.14. The van der Waals surface area contributed by atoms with Crippen LogP contribution >= 0.6 is 0 Å². The van der Waals surface area contributed by atoms with Gasteiger partial charge in [0.05, 0.1) is 0 Å². The Hall–Kier alpha value is -1.69. The summed E-state index contributed by atoms with van der Waals surface area (Å²) in [5.41, 5.74) is 1.75. The first-order valence-corrected chi connectivity index (χ1v) is 3.20. The van der Waals surface area contributed by atoms with Gasteiger partial charge in [-0.2, -0.15) is 5.10 Å². The van der Waals surface area contributed by atoms with Crippen molar-refractivity contribution in [1.82, 2.24) is 15.2 Å². The van der Waals surface area contributed by atoms with Crippen molar-refractivity contribution in [2.45, 2.75) is 0 Å². The van der Waals surface area contributed by atoms with Crippen molar-refractivity contribution in [2.24, 2.45) is 12.9 Å². The van der Waals surface area contributed by atoms with Crippen molar-refractivity contribution in [3.8, 4) is 0 Å². The number of hydrogen-bond donors (Lipinski definition) is 2. The van der Waals surface area contributed by atoms with Crippen molar-refractivity contribution in [3.63, 3.8) is 0 Å². The van der Waals surface area contributed by atoms with Gasteiger partial charge in [-0.15, -0.1) is 0 Å². The summed E-state index contributed by atoms with van der Waals surface area (Å²) < 4.78 is 1.06. The van der Waals surface area contributed by atoms with E-state index in [9.17, 15) is 9.59 Å². The lowest BCUT2D eigenvalue weighted by atomic mass is 10.4. The number of nitrogen functional groups attached to an aromatic ring is 1. The van der Waals surface area contributed by atoms with Gasteiger partial charge in [0.25, 0.3) is 11.5 Å². The monoisotopic (exact) mass is 168 g/mol. The zero-order chi connectivity index (χ0) is 9.14. The topological polar surface area (TPSA) is 90.0 Å². The standard InChI is InChI=1S/C6H8N4O2/c1-10-5(11)3-2-4(9-10)6(12)8-7/h2-3H,7H2,1H3,(H,8,12). The van der Waals surface area contributed by atoms with Gasteiger partial charge in [0.15, 0.2) is 0 Å². The minimum Gasteiger partial charge on any atom is -0.289 e. The van der Waals surface area contributed by atoms with E-state index in [1.165, 1.54) is 19.2 Å². The summed E-state index contributed by atoms with van der Waals surface area (Å²) in [4.78, 5) is 21.7. The lowest BCUT2D eigenvalue weighted by Gasteiger charge is -1.99. The Balaban J connectivity index is 3.13. The first kappa shape index (κ1) is 8.41. The minimum atomic E-state index is -0.523. The highest BCUT2D eigenvalue weighted by Gasteiger charge is 2.04. The number of carbonyl (C=O) groups excluding carboxylic acids is 1. The molecular weight excluding hydrogens is 160 g/mol. The first-order chi connectivity index (χ1) is 5.65. The number of amides is 1. The summed E-state index contributed by atoms with van der Waals surface area (Å²) in [5.74, 6) is 4.34. The van der Waals surface area contributed by atoms with Gasteiger partial charge in [0.2, 0.25) is 0 Å². The van der Waals surface area contributed by atoms with Crippen molar-refractivity contribution in [1.29, 1.82) is 0 Å². The highest BCUT2D eigenvalue weighted by atomic mass is 16.2. The number of nitrogens with two attached hydrogens (primary N) is 1. The molecule has 12 heavy (non-hydrogen) atoms. The predicted molar refractivity (Wildman–Crippen MR) is 41.1 cm³/mol. The van der Waals surface area contributed by atoms with Gasteiger partial charge < -0.3 is 0 Å². The van der Waals surface area contributed by atoms with Crippen LogP contribution in [0, 0.1) is 0 Å². The number of aromatic nitrogens is 2. The number of carbonyl (C=O) groups is 1. The molecule has 0 aliphatic carbocycles. The van der Waals surface area contributed by atoms with E-state index in [1.807, 2.05) is 5.43 Å². The summed E-state index contributed by atoms with van der Waals surface area (Å²) in [6, 6.07) is 2.56. The SMILES string of the molecule is Cn1nc(C(=O)NN)ccc1=O. The van der Waals surface area contributed by atoms with E-state index >= 15 is 0 Å². The molecule has 6 nitrogen and oxygen atoms in total. The normalized spacial score (nSPS) is 9.50. The van der Waals surface area contributed by atoms with E-state index < -0.39 is 5.91 Å². The maximum absolute atomic E-state index is 10.9. The fraction of sp³-hybridized carbons (Fsp3) is 0.167. The van der Waals surface area contributed by atoms with E-state index in [-0.39, 0.29) is 11.3 Å². The van der Waals surface area contributed by atoms with Gasteiger partial charge in [-0.3, -0.25) is 15.0 Å². The largest absolute Gasteiger partial charge is 0.289 e. The molecule has 64 valence electrons. The molecule has 0 spiro atoms. The van der Waals surface area contributed by atoms with E-state index in [2.05, 4.69) is 5.10 Å². The Labute approximate surface area is 68.0 Å². The Morgan fingerprint density at radius 2 is 2.33 bits per heavy atom. The maximum atomic E-state index is 10.9. The van der Waals surface area contributed by atoms with Gasteiger partial charge in [-0.25, -0.2) is 10.5 Å².